The monoisotopic (exact) mass is 747 g/mol. The molecule has 0 unspecified atom stereocenters. The number of hydrogen-bond donors (Lipinski definition) is 4. The Kier molecular flexibility index (Phi) is 15.3. The van der Waals surface area contributed by atoms with Crippen molar-refractivity contribution in [1.82, 2.24) is 4.90 Å². The highest BCUT2D eigenvalue weighted by molar-refractivity contribution is 5.83. The number of rotatable bonds is 8. The third-order valence-corrected chi connectivity index (χ3v) is 12.3. The summed E-state index contributed by atoms with van der Waals surface area (Å²) >= 11 is 0. The van der Waals surface area contributed by atoms with Crippen LogP contribution in [-0.2, 0) is 42.7 Å². The van der Waals surface area contributed by atoms with E-state index in [1.165, 1.54) is 21.1 Å². The van der Waals surface area contributed by atoms with Crippen LogP contribution in [0.3, 0.4) is 0 Å². The normalized spacial score (nSPS) is 49.0. The van der Waals surface area contributed by atoms with Gasteiger partial charge in [-0.2, -0.15) is 0 Å². The van der Waals surface area contributed by atoms with Crippen molar-refractivity contribution in [2.45, 2.75) is 179 Å². The first-order valence-electron chi connectivity index (χ1n) is 18.9. The predicted octanol–water partition coefficient (Wildman–Crippen LogP) is 2.44. The lowest BCUT2D eigenvalue weighted by molar-refractivity contribution is -0.319. The molecule has 3 saturated heterocycles. The van der Waals surface area contributed by atoms with Gasteiger partial charge in [0.05, 0.1) is 47.6 Å². The number of hydrogen-bond acceptors (Lipinski definition) is 14. The smallest absolute Gasteiger partial charge is 0.311 e. The molecule has 0 radical (unpaired) electrons. The Morgan fingerprint density at radius 1 is 0.846 bits per heavy atom. The minimum atomic E-state index is -1.96. The molecule has 0 bridgehead atoms. The lowest BCUT2D eigenvalue weighted by Crippen LogP contribution is -2.61. The molecule has 14 nitrogen and oxygen atoms in total. The summed E-state index contributed by atoms with van der Waals surface area (Å²) in [6, 6.07) is -0.283. The molecular formula is C38H69NO13. The van der Waals surface area contributed by atoms with Gasteiger partial charge in [-0.25, -0.2) is 0 Å². The summed E-state index contributed by atoms with van der Waals surface area (Å²) < 4.78 is 43.9. The van der Waals surface area contributed by atoms with E-state index in [1.807, 2.05) is 32.8 Å². The van der Waals surface area contributed by atoms with Gasteiger partial charge in [-0.05, 0) is 74.9 Å². The second kappa shape index (κ2) is 17.7. The lowest BCUT2D eigenvalue weighted by Gasteiger charge is -2.50. The maximum absolute atomic E-state index is 14.2. The summed E-state index contributed by atoms with van der Waals surface area (Å²) in [5.41, 5.74) is -4.24. The van der Waals surface area contributed by atoms with Crippen LogP contribution in [0.2, 0.25) is 0 Å². The second-order valence-corrected chi connectivity index (χ2v) is 16.6. The van der Waals surface area contributed by atoms with E-state index in [2.05, 4.69) is 0 Å². The number of Topliss-reactive ketones (excluding diaryl/α,β-unsaturated/α-hetero) is 1. The lowest BCUT2D eigenvalue weighted by atomic mass is 9.74. The summed E-state index contributed by atoms with van der Waals surface area (Å²) in [6.07, 6.45) is -8.73. The minimum absolute atomic E-state index is 0.111. The van der Waals surface area contributed by atoms with Gasteiger partial charge in [-0.3, -0.25) is 9.59 Å². The molecule has 4 N–H and O–H groups in total. The maximum Gasteiger partial charge on any atom is 0.311 e. The largest absolute Gasteiger partial charge is 0.459 e. The number of ether oxygens (including phenoxy) is 7. The average molecular weight is 748 g/mol. The number of esters is 1. The highest BCUT2D eigenvalue weighted by atomic mass is 16.7. The Morgan fingerprint density at radius 3 is 1.98 bits per heavy atom. The number of aliphatic hydroxyl groups is 4. The van der Waals surface area contributed by atoms with E-state index in [1.54, 1.807) is 48.5 Å². The first kappa shape index (κ1) is 45.1. The van der Waals surface area contributed by atoms with E-state index in [0.717, 1.165) is 0 Å². The highest BCUT2D eigenvalue weighted by Gasteiger charge is 2.54. The highest BCUT2D eigenvalue weighted by Crippen LogP contribution is 2.41. The number of ketones is 1. The molecular weight excluding hydrogens is 678 g/mol. The molecule has 52 heavy (non-hydrogen) atoms. The zero-order valence-corrected chi connectivity index (χ0v) is 33.9. The maximum atomic E-state index is 14.2. The predicted molar refractivity (Wildman–Crippen MR) is 191 cm³/mol. The van der Waals surface area contributed by atoms with E-state index in [-0.39, 0.29) is 37.2 Å². The fourth-order valence-corrected chi connectivity index (χ4v) is 8.58. The molecule has 3 rings (SSSR count). The van der Waals surface area contributed by atoms with Gasteiger partial charge in [0, 0.05) is 44.4 Å². The molecule has 0 amide bonds. The summed E-state index contributed by atoms with van der Waals surface area (Å²) in [5.74, 6) is -4.47. The topological polar surface area (TPSA) is 183 Å². The molecule has 3 fully saturated rings. The molecule has 3 aliphatic rings. The molecule has 0 aromatic rings. The Balaban J connectivity index is 2.22. The standard InChI is InChI=1S/C38H69NO13/c1-15-26-38(10,45)31(42)21(4)28(40)19(2)17-37(9,47-14)33(52-35-29(41)25(39(11)12)16-20(3)48-35)22(5)30(23(6)34(44)50-26)51-27-18-36(8,46-13)32(43)24(7)49-27/h19-27,29-33,35,41-43,45H,15-18H2,1-14H3/t19-,20-,21+,22+,23-,24+,25+,26-,27-,29-,30+,31-,32-,33-,35+,36+,37-,38-/m1/s1. The molecule has 0 spiro atoms. The Bertz CT molecular complexity index is 1190. The van der Waals surface area contributed by atoms with Gasteiger partial charge < -0.3 is 58.5 Å². The summed E-state index contributed by atoms with van der Waals surface area (Å²) in [4.78, 5) is 30.1. The molecule has 3 aliphatic heterocycles. The van der Waals surface area contributed by atoms with Gasteiger partial charge in [0.1, 0.15) is 29.7 Å². The number of methoxy groups -OCH3 is 2. The molecule has 0 aliphatic carbocycles. The van der Waals surface area contributed by atoms with Gasteiger partial charge in [0.2, 0.25) is 0 Å². The van der Waals surface area contributed by atoms with Crippen LogP contribution in [0.1, 0.15) is 94.9 Å². The quantitative estimate of drug-likeness (QED) is 0.266. The molecule has 3 heterocycles. The number of nitrogens with zero attached hydrogens (tertiary/aromatic N) is 1. The van der Waals surface area contributed by atoms with Crippen molar-refractivity contribution >= 4 is 11.8 Å². The van der Waals surface area contributed by atoms with Crippen LogP contribution in [0.5, 0.6) is 0 Å². The number of likely N-dealkylation sites (N-methyl/N-ethyl adjacent to an activating group) is 1. The Labute approximate surface area is 310 Å². The molecule has 0 aromatic heterocycles. The van der Waals surface area contributed by atoms with Crippen LogP contribution in [0.15, 0.2) is 0 Å². The minimum Gasteiger partial charge on any atom is -0.459 e. The van der Waals surface area contributed by atoms with Gasteiger partial charge >= 0.3 is 5.97 Å². The van der Waals surface area contributed by atoms with Crippen LogP contribution in [0.4, 0.5) is 0 Å². The molecule has 0 aromatic carbocycles. The van der Waals surface area contributed by atoms with E-state index >= 15 is 0 Å². The third kappa shape index (κ3) is 9.38. The third-order valence-electron chi connectivity index (χ3n) is 12.3. The summed E-state index contributed by atoms with van der Waals surface area (Å²) in [7, 11) is 6.77. The van der Waals surface area contributed by atoms with Gasteiger partial charge in [0.15, 0.2) is 12.6 Å². The summed E-state index contributed by atoms with van der Waals surface area (Å²) in [5, 5.41) is 45.6. The SMILES string of the molecule is CC[C@H]1OC(=O)[C@H](C)[C@@H](O[C@@H]2C[C@](C)(OC)[C@H](O)[C@H](C)O2)[C@H](C)[C@@H](O[C@@H]2O[C@H](C)C[C@H](N(C)C)[C@H]2O)[C@](C)(OC)C[C@@H](C)C(=O)[C@H](C)[C@@H](O)[C@]1(C)O. The van der Waals surface area contributed by atoms with Crippen molar-refractivity contribution in [1.29, 1.82) is 0 Å². The van der Waals surface area contributed by atoms with E-state index in [4.69, 9.17) is 33.2 Å². The van der Waals surface area contributed by atoms with Crippen LogP contribution in [0, 0.1) is 23.7 Å². The molecule has 304 valence electrons. The molecule has 0 saturated carbocycles. The van der Waals surface area contributed by atoms with Crippen LogP contribution < -0.4 is 0 Å². The fourth-order valence-electron chi connectivity index (χ4n) is 8.58. The van der Waals surface area contributed by atoms with Crippen molar-refractivity contribution in [3.63, 3.8) is 0 Å². The zero-order chi connectivity index (χ0) is 39.7. The number of carbonyl (C=O) groups is 2. The fraction of sp³-hybridized carbons (Fsp3) is 0.947. The van der Waals surface area contributed by atoms with E-state index < -0.39 is 102 Å². The molecule has 14 heteroatoms. The van der Waals surface area contributed by atoms with Crippen LogP contribution in [0.25, 0.3) is 0 Å². The first-order chi connectivity index (χ1) is 24.0. The van der Waals surface area contributed by atoms with Crippen LogP contribution in [-0.4, -0.2) is 150 Å². The number of carbonyl (C=O) groups excluding carboxylic acids is 2. The first-order valence-corrected chi connectivity index (χ1v) is 18.9. The van der Waals surface area contributed by atoms with Crippen LogP contribution >= 0.6 is 0 Å². The Morgan fingerprint density at radius 2 is 1.44 bits per heavy atom. The Hall–Kier alpha value is -1.30. The number of cyclic esters (lactones) is 1. The zero-order valence-electron chi connectivity index (χ0n) is 33.9. The van der Waals surface area contributed by atoms with Gasteiger partial charge in [-0.15, -0.1) is 0 Å². The summed E-state index contributed by atoms with van der Waals surface area (Å²) in [6.45, 7) is 17.1. The van der Waals surface area contributed by atoms with Crippen molar-refractivity contribution in [2.24, 2.45) is 23.7 Å². The number of aliphatic hydroxyl groups excluding tert-OH is 3. The van der Waals surface area contributed by atoms with Crippen molar-refractivity contribution in [2.75, 3.05) is 28.3 Å². The van der Waals surface area contributed by atoms with E-state index in [9.17, 15) is 30.0 Å². The van der Waals surface area contributed by atoms with Crippen molar-refractivity contribution in [3.8, 4) is 0 Å². The van der Waals surface area contributed by atoms with Crippen molar-refractivity contribution in [3.05, 3.63) is 0 Å². The second-order valence-electron chi connectivity index (χ2n) is 16.6. The van der Waals surface area contributed by atoms with Gasteiger partial charge in [-0.1, -0.05) is 27.7 Å². The molecule has 18 atom stereocenters. The van der Waals surface area contributed by atoms with Gasteiger partial charge in [0.25, 0.3) is 0 Å². The van der Waals surface area contributed by atoms with Crippen molar-refractivity contribution < 1.29 is 63.2 Å². The average Bonchev–Trinajstić information content (AvgIpc) is 3.09. The van der Waals surface area contributed by atoms with E-state index in [0.29, 0.717) is 6.42 Å².